The van der Waals surface area contributed by atoms with Crippen molar-refractivity contribution in [3.05, 3.63) is 35.9 Å². The number of aliphatic carboxylic acids is 1. The number of hydrogen-bond acceptors (Lipinski definition) is 4. The van der Waals surface area contributed by atoms with Gasteiger partial charge in [-0.3, -0.25) is 9.59 Å². The highest BCUT2D eigenvalue weighted by atomic mass is 16.4. The summed E-state index contributed by atoms with van der Waals surface area (Å²) in [6.45, 7) is 1.25. The molecule has 3 rings (SSSR count). The topological polar surface area (TPSA) is 108 Å². The van der Waals surface area contributed by atoms with E-state index < -0.39 is 18.1 Å². The molecule has 0 spiro atoms. The van der Waals surface area contributed by atoms with Crippen molar-refractivity contribution in [3.63, 3.8) is 0 Å². The van der Waals surface area contributed by atoms with Crippen LogP contribution in [0.4, 0.5) is 0 Å². The Bertz CT molecular complexity index is 649. The lowest BCUT2D eigenvalue weighted by Crippen LogP contribution is -2.49. The van der Waals surface area contributed by atoms with Crippen molar-refractivity contribution in [3.8, 4) is 0 Å². The van der Waals surface area contributed by atoms with Crippen LogP contribution in [0.15, 0.2) is 30.3 Å². The Hall–Kier alpha value is -2.41. The molecule has 1 aromatic carbocycles. The molecule has 0 aromatic heterocycles. The van der Waals surface area contributed by atoms with Gasteiger partial charge in [-0.2, -0.15) is 0 Å². The molecule has 134 valence electrons. The lowest BCUT2D eigenvalue weighted by Gasteiger charge is -2.19. The Kier molecular flexibility index (Phi) is 5.33. The van der Waals surface area contributed by atoms with E-state index in [-0.39, 0.29) is 30.1 Å². The molecule has 4 N–H and O–H groups in total. The van der Waals surface area contributed by atoms with Gasteiger partial charge in [-0.15, -0.1) is 0 Å². The van der Waals surface area contributed by atoms with Gasteiger partial charge in [0.2, 0.25) is 11.8 Å². The number of hydrogen-bond donors (Lipinski definition) is 4. The van der Waals surface area contributed by atoms with Gasteiger partial charge >= 0.3 is 5.97 Å². The molecule has 2 heterocycles. The quantitative estimate of drug-likeness (QED) is 0.590. The van der Waals surface area contributed by atoms with Crippen LogP contribution >= 0.6 is 0 Å². The van der Waals surface area contributed by atoms with E-state index in [0.29, 0.717) is 25.9 Å². The number of rotatable bonds is 6. The average Bonchev–Trinajstić information content (AvgIpc) is 3.24. The predicted molar refractivity (Wildman–Crippen MR) is 90.9 cm³/mol. The Labute approximate surface area is 146 Å². The maximum absolute atomic E-state index is 12.5. The molecule has 0 radical (unpaired) electrons. The number of carboxylic acids is 1. The molecule has 1 aromatic rings. The minimum Gasteiger partial charge on any atom is -0.480 e. The van der Waals surface area contributed by atoms with Crippen molar-refractivity contribution in [1.29, 1.82) is 0 Å². The first kappa shape index (κ1) is 17.4. The van der Waals surface area contributed by atoms with Gasteiger partial charge in [-0.1, -0.05) is 30.3 Å². The maximum atomic E-state index is 12.5. The highest BCUT2D eigenvalue weighted by molar-refractivity contribution is 5.88. The summed E-state index contributed by atoms with van der Waals surface area (Å²) in [7, 11) is 0. The van der Waals surface area contributed by atoms with E-state index in [9.17, 15) is 19.5 Å². The zero-order chi connectivity index (χ0) is 17.8. The molecule has 0 aliphatic carbocycles. The summed E-state index contributed by atoms with van der Waals surface area (Å²) in [6.07, 6.45) is 1.37. The number of benzene rings is 1. The Morgan fingerprint density at radius 3 is 2.68 bits per heavy atom. The molecule has 25 heavy (non-hydrogen) atoms. The summed E-state index contributed by atoms with van der Waals surface area (Å²) in [6, 6.07) is 8.50. The van der Waals surface area contributed by atoms with Crippen molar-refractivity contribution in [2.24, 2.45) is 5.92 Å². The van der Waals surface area contributed by atoms with Crippen LogP contribution in [0.2, 0.25) is 0 Å². The molecule has 7 heteroatoms. The number of carbonyl (C=O) groups is 3. The fourth-order valence-corrected chi connectivity index (χ4v) is 3.56. The van der Waals surface area contributed by atoms with Crippen molar-refractivity contribution in [1.82, 2.24) is 16.0 Å². The van der Waals surface area contributed by atoms with Crippen molar-refractivity contribution in [2.75, 3.05) is 13.1 Å². The molecule has 0 bridgehead atoms. The number of carboxylic acid groups (broad SMARTS) is 1. The zero-order valence-electron chi connectivity index (χ0n) is 13.9. The van der Waals surface area contributed by atoms with Gasteiger partial charge < -0.3 is 21.1 Å². The molecule has 0 saturated carbocycles. The number of carbonyl (C=O) groups excluding carboxylic acids is 2. The van der Waals surface area contributed by atoms with E-state index in [1.807, 2.05) is 30.3 Å². The Morgan fingerprint density at radius 2 is 2.04 bits per heavy atom. The second-order valence-electron chi connectivity index (χ2n) is 6.72. The van der Waals surface area contributed by atoms with Gasteiger partial charge in [0.15, 0.2) is 0 Å². The first-order valence-corrected chi connectivity index (χ1v) is 8.64. The molecule has 1 unspecified atom stereocenters. The third kappa shape index (κ3) is 4.17. The van der Waals surface area contributed by atoms with Crippen molar-refractivity contribution < 1.29 is 19.5 Å². The highest BCUT2D eigenvalue weighted by Gasteiger charge is 2.35. The molecule has 2 aliphatic rings. The fraction of sp³-hybridized carbons (Fsp3) is 0.500. The minimum absolute atomic E-state index is 0.127. The normalized spacial score (nSPS) is 26.9. The summed E-state index contributed by atoms with van der Waals surface area (Å²) in [5.74, 6) is -1.67. The van der Waals surface area contributed by atoms with Crippen LogP contribution in [0.3, 0.4) is 0 Å². The van der Waals surface area contributed by atoms with Gasteiger partial charge in [0.1, 0.15) is 6.04 Å². The summed E-state index contributed by atoms with van der Waals surface area (Å²) in [5, 5.41) is 17.8. The molecule has 2 saturated heterocycles. The zero-order valence-corrected chi connectivity index (χ0v) is 13.9. The van der Waals surface area contributed by atoms with Crippen molar-refractivity contribution in [2.45, 2.75) is 37.3 Å². The predicted octanol–water partition coefficient (Wildman–Crippen LogP) is 0.228. The Balaban J connectivity index is 1.56. The van der Waals surface area contributed by atoms with Crippen LogP contribution < -0.4 is 16.0 Å². The minimum atomic E-state index is -1.11. The smallest absolute Gasteiger partial charge is 0.326 e. The van der Waals surface area contributed by atoms with E-state index in [0.717, 1.165) is 0 Å². The first-order valence-electron chi connectivity index (χ1n) is 8.64. The molecule has 2 amide bonds. The summed E-state index contributed by atoms with van der Waals surface area (Å²) in [4.78, 5) is 35.6. The average molecular weight is 345 g/mol. The van der Waals surface area contributed by atoms with Crippen LogP contribution in [0, 0.1) is 5.92 Å². The van der Waals surface area contributed by atoms with E-state index in [1.165, 1.54) is 5.56 Å². The molecule has 4 atom stereocenters. The number of nitrogens with one attached hydrogen (secondary N) is 3. The van der Waals surface area contributed by atoms with E-state index >= 15 is 0 Å². The second kappa shape index (κ2) is 7.65. The van der Waals surface area contributed by atoms with Crippen LogP contribution in [0.5, 0.6) is 0 Å². The number of amides is 2. The van der Waals surface area contributed by atoms with Gasteiger partial charge in [0, 0.05) is 19.0 Å². The lowest BCUT2D eigenvalue weighted by molar-refractivity contribution is -0.142. The summed E-state index contributed by atoms with van der Waals surface area (Å²) >= 11 is 0. The molecular formula is C18H23N3O4. The van der Waals surface area contributed by atoms with Crippen LogP contribution in [0.25, 0.3) is 0 Å². The van der Waals surface area contributed by atoms with E-state index in [1.54, 1.807) is 0 Å². The lowest BCUT2D eigenvalue weighted by atomic mass is 9.95. The monoisotopic (exact) mass is 345 g/mol. The maximum Gasteiger partial charge on any atom is 0.326 e. The van der Waals surface area contributed by atoms with Gasteiger partial charge in [0.25, 0.3) is 0 Å². The molecule has 2 aliphatic heterocycles. The van der Waals surface area contributed by atoms with Gasteiger partial charge in [0.05, 0.1) is 6.04 Å². The summed E-state index contributed by atoms with van der Waals surface area (Å²) < 4.78 is 0. The second-order valence-corrected chi connectivity index (χ2v) is 6.72. The molecule has 2 fully saturated rings. The standard InChI is InChI=1S/C18H23N3O4/c22-16-12(6-7-19-16)8-15(18(24)25)21-17(23)14-9-13(10-20-14)11-4-2-1-3-5-11/h1-5,12-15,20H,6-10H2,(H,19,22)(H,21,23)(H,24,25)/t12-,13+,14-,15?/m0/s1. The summed E-state index contributed by atoms with van der Waals surface area (Å²) in [5.41, 5.74) is 1.17. The van der Waals surface area contributed by atoms with Gasteiger partial charge in [-0.05, 0) is 30.7 Å². The highest BCUT2D eigenvalue weighted by Crippen LogP contribution is 2.25. The molecule has 7 nitrogen and oxygen atoms in total. The third-order valence-electron chi connectivity index (χ3n) is 5.02. The fourth-order valence-electron chi connectivity index (χ4n) is 3.56. The Morgan fingerprint density at radius 1 is 1.28 bits per heavy atom. The van der Waals surface area contributed by atoms with Crippen LogP contribution in [0.1, 0.15) is 30.7 Å². The first-order chi connectivity index (χ1) is 12.0. The largest absolute Gasteiger partial charge is 0.480 e. The van der Waals surface area contributed by atoms with E-state index in [4.69, 9.17) is 0 Å². The van der Waals surface area contributed by atoms with E-state index in [2.05, 4.69) is 16.0 Å². The van der Waals surface area contributed by atoms with Crippen LogP contribution in [-0.4, -0.2) is 48.1 Å². The van der Waals surface area contributed by atoms with Gasteiger partial charge in [-0.25, -0.2) is 4.79 Å². The SMILES string of the molecule is O=C(O)C(C[C@@H]1CCNC1=O)NC(=O)[C@@H]1C[C@@H](c2ccccc2)CN1. The van der Waals surface area contributed by atoms with Crippen molar-refractivity contribution >= 4 is 17.8 Å². The third-order valence-corrected chi connectivity index (χ3v) is 5.02. The molecular weight excluding hydrogens is 322 g/mol. The van der Waals surface area contributed by atoms with Crippen LogP contribution in [-0.2, 0) is 14.4 Å².